The van der Waals surface area contributed by atoms with Gasteiger partial charge in [-0.15, -0.1) is 0 Å². The maximum Gasteiger partial charge on any atom is 0.109 e. The molecular weight excluding hydrogens is 164 g/mol. The van der Waals surface area contributed by atoms with Gasteiger partial charge in [-0.2, -0.15) is 0 Å². The molecule has 1 aromatic rings. The van der Waals surface area contributed by atoms with Gasteiger partial charge in [0.05, 0.1) is 11.9 Å². The van der Waals surface area contributed by atoms with E-state index in [1.807, 2.05) is 6.07 Å². The van der Waals surface area contributed by atoms with Crippen molar-refractivity contribution in [2.45, 2.75) is 38.7 Å². The van der Waals surface area contributed by atoms with Crippen molar-refractivity contribution in [3.05, 3.63) is 23.7 Å². The summed E-state index contributed by atoms with van der Waals surface area (Å²) in [6.45, 7) is 4.12. The molecule has 1 atom stereocenters. The molecule has 0 amide bonds. The maximum atomic E-state index is 10.4. The third kappa shape index (κ3) is 1.20. The number of hydrogen-bond donors (Lipinski definition) is 1. The minimum atomic E-state index is -0.652. The number of rotatable bonds is 1. The second-order valence-electron chi connectivity index (χ2n) is 4.19. The Kier molecular flexibility index (Phi) is 1.95. The van der Waals surface area contributed by atoms with E-state index in [1.54, 1.807) is 6.26 Å². The molecule has 13 heavy (non-hydrogen) atoms. The largest absolute Gasteiger partial charge is 0.469 e. The van der Waals surface area contributed by atoms with Crippen LogP contribution in [0, 0.1) is 5.92 Å². The summed E-state index contributed by atoms with van der Waals surface area (Å²) in [5, 5.41) is 10.4. The van der Waals surface area contributed by atoms with E-state index in [9.17, 15) is 5.11 Å². The average molecular weight is 180 g/mol. The molecule has 0 radical (unpaired) electrons. The van der Waals surface area contributed by atoms with Crippen LogP contribution in [0.3, 0.4) is 0 Å². The minimum absolute atomic E-state index is 0.254. The summed E-state index contributed by atoms with van der Waals surface area (Å²) in [6.07, 6.45) is 4.53. The second kappa shape index (κ2) is 2.88. The van der Waals surface area contributed by atoms with Crippen LogP contribution in [0.4, 0.5) is 0 Å². The lowest BCUT2D eigenvalue weighted by Gasteiger charge is -2.35. The maximum absolute atomic E-state index is 10.4. The Morgan fingerprint density at radius 2 is 2.31 bits per heavy atom. The van der Waals surface area contributed by atoms with Gasteiger partial charge in [0.15, 0.2) is 0 Å². The molecule has 0 spiro atoms. The Morgan fingerprint density at radius 3 is 3.00 bits per heavy atom. The van der Waals surface area contributed by atoms with Crippen molar-refractivity contribution in [3.63, 3.8) is 0 Å². The molecule has 1 heterocycles. The molecule has 1 unspecified atom stereocenters. The van der Waals surface area contributed by atoms with E-state index in [0.29, 0.717) is 0 Å². The summed E-state index contributed by atoms with van der Waals surface area (Å²) in [5.74, 6) is 1.23. The molecule has 0 saturated carbocycles. The van der Waals surface area contributed by atoms with Crippen molar-refractivity contribution in [2.75, 3.05) is 0 Å². The van der Waals surface area contributed by atoms with E-state index in [1.165, 1.54) is 0 Å². The SMILES string of the molecule is CC(C)C1(O)CCCc2occc21. The van der Waals surface area contributed by atoms with Crippen molar-refractivity contribution < 1.29 is 9.52 Å². The first kappa shape index (κ1) is 8.82. The molecule has 1 aliphatic rings. The number of aryl methyl sites for hydroxylation is 1. The normalized spacial score (nSPS) is 27.7. The molecule has 1 aromatic heterocycles. The summed E-state index contributed by atoms with van der Waals surface area (Å²) in [6, 6.07) is 1.91. The molecule has 0 fully saturated rings. The van der Waals surface area contributed by atoms with Crippen LogP contribution in [0.15, 0.2) is 16.7 Å². The third-order valence-electron chi connectivity index (χ3n) is 3.13. The lowest BCUT2D eigenvalue weighted by molar-refractivity contribution is -0.0277. The molecule has 0 bridgehead atoms. The predicted octanol–water partition coefficient (Wildman–Crippen LogP) is 2.46. The lowest BCUT2D eigenvalue weighted by atomic mass is 9.76. The van der Waals surface area contributed by atoms with Gasteiger partial charge in [-0.1, -0.05) is 13.8 Å². The molecule has 0 saturated heterocycles. The molecule has 2 heteroatoms. The quantitative estimate of drug-likeness (QED) is 0.720. The van der Waals surface area contributed by atoms with Crippen LogP contribution in [-0.4, -0.2) is 5.11 Å². The van der Waals surface area contributed by atoms with Gasteiger partial charge in [0.1, 0.15) is 5.76 Å². The fourth-order valence-corrected chi connectivity index (χ4v) is 2.17. The van der Waals surface area contributed by atoms with E-state index in [2.05, 4.69) is 13.8 Å². The molecule has 2 rings (SSSR count). The minimum Gasteiger partial charge on any atom is -0.469 e. The van der Waals surface area contributed by atoms with Crippen LogP contribution >= 0.6 is 0 Å². The van der Waals surface area contributed by atoms with Crippen LogP contribution < -0.4 is 0 Å². The summed E-state index contributed by atoms with van der Waals surface area (Å²) in [4.78, 5) is 0. The second-order valence-corrected chi connectivity index (χ2v) is 4.19. The first-order valence-electron chi connectivity index (χ1n) is 4.94. The fraction of sp³-hybridized carbons (Fsp3) is 0.636. The van der Waals surface area contributed by atoms with Gasteiger partial charge >= 0.3 is 0 Å². The fourth-order valence-electron chi connectivity index (χ4n) is 2.17. The topological polar surface area (TPSA) is 33.4 Å². The van der Waals surface area contributed by atoms with Crippen LogP contribution in [0.25, 0.3) is 0 Å². The Labute approximate surface area is 78.6 Å². The highest BCUT2D eigenvalue weighted by Crippen LogP contribution is 2.40. The molecular formula is C11H16O2. The first-order valence-corrected chi connectivity index (χ1v) is 4.94. The van der Waals surface area contributed by atoms with E-state index >= 15 is 0 Å². The van der Waals surface area contributed by atoms with Crippen LogP contribution in [0.1, 0.15) is 38.0 Å². The number of furan rings is 1. The number of hydrogen-bond acceptors (Lipinski definition) is 2. The van der Waals surface area contributed by atoms with Crippen molar-refractivity contribution in [3.8, 4) is 0 Å². The zero-order chi connectivity index (χ0) is 9.47. The van der Waals surface area contributed by atoms with Gasteiger partial charge in [0.25, 0.3) is 0 Å². The highest BCUT2D eigenvalue weighted by atomic mass is 16.3. The van der Waals surface area contributed by atoms with Crippen molar-refractivity contribution in [2.24, 2.45) is 5.92 Å². The van der Waals surface area contributed by atoms with Crippen molar-refractivity contribution in [1.29, 1.82) is 0 Å². The summed E-state index contributed by atoms with van der Waals surface area (Å²) in [7, 11) is 0. The molecule has 0 aliphatic heterocycles. The zero-order valence-electron chi connectivity index (χ0n) is 8.21. The van der Waals surface area contributed by atoms with Gasteiger partial charge in [-0.05, 0) is 24.8 Å². The Bertz CT molecular complexity index is 301. The molecule has 72 valence electrons. The third-order valence-corrected chi connectivity index (χ3v) is 3.13. The van der Waals surface area contributed by atoms with Gasteiger partial charge in [-0.25, -0.2) is 0 Å². The monoisotopic (exact) mass is 180 g/mol. The van der Waals surface area contributed by atoms with Crippen LogP contribution in [0.2, 0.25) is 0 Å². The zero-order valence-corrected chi connectivity index (χ0v) is 8.21. The van der Waals surface area contributed by atoms with E-state index < -0.39 is 5.60 Å². The lowest BCUT2D eigenvalue weighted by Crippen LogP contribution is -2.35. The molecule has 2 nitrogen and oxygen atoms in total. The summed E-state index contributed by atoms with van der Waals surface area (Å²) < 4.78 is 5.34. The van der Waals surface area contributed by atoms with E-state index in [4.69, 9.17) is 4.42 Å². The van der Waals surface area contributed by atoms with Crippen LogP contribution in [0.5, 0.6) is 0 Å². The average Bonchev–Trinajstić information content (AvgIpc) is 2.53. The molecule has 1 aliphatic carbocycles. The molecule has 0 aromatic carbocycles. The Hall–Kier alpha value is -0.760. The smallest absolute Gasteiger partial charge is 0.109 e. The molecule has 1 N–H and O–H groups in total. The van der Waals surface area contributed by atoms with E-state index in [-0.39, 0.29) is 5.92 Å². The van der Waals surface area contributed by atoms with Gasteiger partial charge < -0.3 is 9.52 Å². The van der Waals surface area contributed by atoms with Gasteiger partial charge in [0, 0.05) is 12.0 Å². The van der Waals surface area contributed by atoms with E-state index in [0.717, 1.165) is 30.6 Å². The standard InChI is InChI=1S/C11H16O2/c1-8(2)11(12)6-3-4-10-9(11)5-7-13-10/h5,7-8,12H,3-4,6H2,1-2H3. The number of fused-ring (bicyclic) bond motifs is 1. The van der Waals surface area contributed by atoms with Gasteiger partial charge in [-0.3, -0.25) is 0 Å². The summed E-state index contributed by atoms with van der Waals surface area (Å²) >= 11 is 0. The predicted molar refractivity (Wildman–Crippen MR) is 50.4 cm³/mol. The van der Waals surface area contributed by atoms with Crippen molar-refractivity contribution in [1.82, 2.24) is 0 Å². The first-order chi connectivity index (χ1) is 6.14. The highest BCUT2D eigenvalue weighted by Gasteiger charge is 2.38. The number of aliphatic hydroxyl groups is 1. The van der Waals surface area contributed by atoms with Crippen molar-refractivity contribution >= 4 is 0 Å². The Balaban J connectivity index is 2.45. The highest BCUT2D eigenvalue weighted by molar-refractivity contribution is 5.28. The van der Waals surface area contributed by atoms with Gasteiger partial charge in [0.2, 0.25) is 0 Å². The Morgan fingerprint density at radius 1 is 1.54 bits per heavy atom. The summed E-state index contributed by atoms with van der Waals surface area (Å²) in [5.41, 5.74) is 0.356. The van der Waals surface area contributed by atoms with Crippen LogP contribution in [-0.2, 0) is 12.0 Å².